The smallest absolute Gasteiger partial charge is 0.251 e. The van der Waals surface area contributed by atoms with Crippen LogP contribution in [0.25, 0.3) is 10.8 Å². The summed E-state index contributed by atoms with van der Waals surface area (Å²) >= 11 is 0. The van der Waals surface area contributed by atoms with Crippen molar-refractivity contribution in [2.45, 2.75) is 64.3 Å². The van der Waals surface area contributed by atoms with E-state index in [-0.39, 0.29) is 23.0 Å². The average Bonchev–Trinajstić information content (AvgIpc) is 2.70. The molecule has 0 saturated carbocycles. The lowest BCUT2D eigenvalue weighted by Crippen LogP contribution is -2.62. The quantitative estimate of drug-likeness (QED) is 0.623. The fourth-order valence-electron chi connectivity index (χ4n) is 4.83. The van der Waals surface area contributed by atoms with Gasteiger partial charge in [0.1, 0.15) is 12.4 Å². The zero-order chi connectivity index (χ0) is 22.1. The zero-order valence-corrected chi connectivity index (χ0v) is 18.7. The molecular formula is C26H31N3O2. The van der Waals surface area contributed by atoms with Gasteiger partial charge in [-0.05, 0) is 70.4 Å². The molecule has 2 N–H and O–H groups in total. The number of nitrogens with one attached hydrogen (secondary N) is 2. The summed E-state index contributed by atoms with van der Waals surface area (Å²) in [5.41, 5.74) is 1.69. The minimum absolute atomic E-state index is 0.00142. The van der Waals surface area contributed by atoms with E-state index in [2.05, 4.69) is 43.3 Å². The van der Waals surface area contributed by atoms with Crippen LogP contribution in [0.15, 0.2) is 60.9 Å². The summed E-state index contributed by atoms with van der Waals surface area (Å²) in [6, 6.07) is 15.7. The van der Waals surface area contributed by atoms with Crippen molar-refractivity contribution in [3.8, 4) is 5.75 Å². The van der Waals surface area contributed by atoms with E-state index in [1.807, 2.05) is 54.7 Å². The maximum Gasteiger partial charge on any atom is 0.251 e. The van der Waals surface area contributed by atoms with Gasteiger partial charge in [-0.25, -0.2) is 0 Å². The molecule has 0 spiro atoms. The van der Waals surface area contributed by atoms with Crippen LogP contribution < -0.4 is 15.4 Å². The third-order valence-electron chi connectivity index (χ3n) is 5.78. The summed E-state index contributed by atoms with van der Waals surface area (Å²) in [6.07, 6.45) is 5.43. The van der Waals surface area contributed by atoms with Gasteiger partial charge in [0.2, 0.25) is 0 Å². The maximum atomic E-state index is 12.8. The van der Waals surface area contributed by atoms with Crippen LogP contribution in [0.2, 0.25) is 0 Å². The fourth-order valence-corrected chi connectivity index (χ4v) is 4.83. The normalized spacial score (nSPS) is 17.9. The average molecular weight is 418 g/mol. The summed E-state index contributed by atoms with van der Waals surface area (Å²) in [5.74, 6) is 0.811. The number of amides is 1. The molecule has 1 saturated heterocycles. The minimum Gasteiger partial charge on any atom is -0.488 e. The number of benzene rings is 2. The second-order valence-electron chi connectivity index (χ2n) is 9.81. The molecule has 1 fully saturated rings. The lowest BCUT2D eigenvalue weighted by molar-refractivity contribution is 0.0873. The minimum atomic E-state index is -0.0208. The van der Waals surface area contributed by atoms with E-state index in [4.69, 9.17) is 4.74 Å². The topological polar surface area (TPSA) is 63.2 Å². The number of aromatic nitrogens is 1. The molecule has 1 aromatic heterocycles. The molecule has 1 amide bonds. The number of carbonyl (C=O) groups excluding carboxylic acids is 1. The number of ether oxygens (including phenoxy) is 1. The summed E-state index contributed by atoms with van der Waals surface area (Å²) in [6.45, 7) is 9.20. The fraction of sp³-hybridized carbons (Fsp3) is 0.385. The number of fused-ring (bicyclic) bond motifs is 1. The number of hydrogen-bond donors (Lipinski definition) is 2. The van der Waals surface area contributed by atoms with Gasteiger partial charge < -0.3 is 15.4 Å². The van der Waals surface area contributed by atoms with E-state index in [0.29, 0.717) is 12.2 Å². The molecule has 0 atom stereocenters. The van der Waals surface area contributed by atoms with Crippen molar-refractivity contribution in [2.24, 2.45) is 0 Å². The zero-order valence-electron chi connectivity index (χ0n) is 18.7. The van der Waals surface area contributed by atoms with Gasteiger partial charge in [-0.15, -0.1) is 0 Å². The van der Waals surface area contributed by atoms with Gasteiger partial charge in [0.15, 0.2) is 0 Å². The molecule has 2 heterocycles. The first-order valence-electron chi connectivity index (χ1n) is 10.9. The van der Waals surface area contributed by atoms with Crippen molar-refractivity contribution in [3.63, 3.8) is 0 Å². The number of piperidine rings is 1. The van der Waals surface area contributed by atoms with Crippen molar-refractivity contribution in [1.82, 2.24) is 15.6 Å². The Bertz CT molecular complexity index is 1050. The Labute approximate surface area is 184 Å². The predicted octanol–water partition coefficient (Wildman–Crippen LogP) is 4.85. The molecule has 0 radical (unpaired) electrons. The van der Waals surface area contributed by atoms with Gasteiger partial charge in [0, 0.05) is 45.8 Å². The number of hydrogen-bond acceptors (Lipinski definition) is 4. The first kappa shape index (κ1) is 21.3. The highest BCUT2D eigenvalue weighted by Crippen LogP contribution is 2.29. The molecule has 1 aliphatic rings. The van der Waals surface area contributed by atoms with Crippen LogP contribution in [-0.4, -0.2) is 28.0 Å². The largest absolute Gasteiger partial charge is 0.488 e. The standard InChI is InChI=1S/C26H31N3O2/c1-25(2)14-21(15-26(3,4)29-25)28-24(30)19-10-8-18(9-11-19)17-31-23-7-5-6-20-16-27-13-12-22(20)23/h5-13,16,21,29H,14-15,17H2,1-4H3,(H,28,30). The molecule has 1 aliphatic heterocycles. The van der Waals surface area contributed by atoms with Gasteiger partial charge >= 0.3 is 0 Å². The number of carbonyl (C=O) groups is 1. The van der Waals surface area contributed by atoms with Gasteiger partial charge in [-0.2, -0.15) is 0 Å². The van der Waals surface area contributed by atoms with Crippen molar-refractivity contribution in [3.05, 3.63) is 72.1 Å². The first-order chi connectivity index (χ1) is 14.7. The van der Waals surface area contributed by atoms with Crippen LogP contribution in [-0.2, 0) is 6.61 Å². The van der Waals surface area contributed by atoms with Gasteiger partial charge in [0.05, 0.1) is 0 Å². The summed E-state index contributed by atoms with van der Waals surface area (Å²) in [4.78, 5) is 17.0. The molecule has 5 heteroatoms. The van der Waals surface area contributed by atoms with Gasteiger partial charge in [-0.1, -0.05) is 24.3 Å². The number of nitrogens with zero attached hydrogens (tertiary/aromatic N) is 1. The number of pyridine rings is 1. The molecule has 4 rings (SSSR count). The molecular weight excluding hydrogens is 386 g/mol. The Morgan fingerprint density at radius 3 is 2.48 bits per heavy atom. The molecule has 5 nitrogen and oxygen atoms in total. The van der Waals surface area contributed by atoms with E-state index in [1.54, 1.807) is 6.20 Å². The summed E-state index contributed by atoms with van der Waals surface area (Å²) in [5, 5.41) is 8.98. The van der Waals surface area contributed by atoms with Crippen molar-refractivity contribution < 1.29 is 9.53 Å². The SMILES string of the molecule is CC1(C)CC(NC(=O)c2ccc(COc3cccc4cnccc34)cc2)CC(C)(C)N1. The van der Waals surface area contributed by atoms with Gasteiger partial charge in [0.25, 0.3) is 5.91 Å². The van der Waals surface area contributed by atoms with E-state index in [1.165, 1.54) is 0 Å². The highest BCUT2D eigenvalue weighted by molar-refractivity contribution is 5.94. The Balaban J connectivity index is 1.38. The predicted molar refractivity (Wildman–Crippen MR) is 124 cm³/mol. The monoisotopic (exact) mass is 417 g/mol. The van der Waals surface area contributed by atoms with Crippen LogP contribution in [0.5, 0.6) is 5.75 Å². The third-order valence-corrected chi connectivity index (χ3v) is 5.78. The highest BCUT2D eigenvalue weighted by atomic mass is 16.5. The molecule has 2 aromatic carbocycles. The highest BCUT2D eigenvalue weighted by Gasteiger charge is 2.38. The molecule has 31 heavy (non-hydrogen) atoms. The van der Waals surface area contributed by atoms with Crippen LogP contribution >= 0.6 is 0 Å². The summed E-state index contributed by atoms with van der Waals surface area (Å²) < 4.78 is 6.04. The molecule has 0 bridgehead atoms. The lowest BCUT2D eigenvalue weighted by atomic mass is 9.79. The van der Waals surface area contributed by atoms with E-state index in [9.17, 15) is 4.79 Å². The Morgan fingerprint density at radius 2 is 1.77 bits per heavy atom. The van der Waals surface area contributed by atoms with E-state index >= 15 is 0 Å². The van der Waals surface area contributed by atoms with Crippen molar-refractivity contribution in [2.75, 3.05) is 0 Å². The van der Waals surface area contributed by atoms with E-state index < -0.39 is 0 Å². The second-order valence-corrected chi connectivity index (χ2v) is 9.81. The molecule has 0 unspecified atom stereocenters. The van der Waals surface area contributed by atoms with Crippen LogP contribution in [0.4, 0.5) is 0 Å². The Morgan fingerprint density at radius 1 is 1.06 bits per heavy atom. The third kappa shape index (κ3) is 5.23. The Kier molecular flexibility index (Phi) is 5.71. The Hall–Kier alpha value is -2.92. The molecule has 162 valence electrons. The first-order valence-corrected chi connectivity index (χ1v) is 10.9. The molecule has 3 aromatic rings. The second kappa shape index (κ2) is 8.31. The number of rotatable bonds is 5. The lowest BCUT2D eigenvalue weighted by Gasteiger charge is -2.46. The van der Waals surface area contributed by atoms with Crippen LogP contribution in [0, 0.1) is 0 Å². The summed E-state index contributed by atoms with van der Waals surface area (Å²) in [7, 11) is 0. The van der Waals surface area contributed by atoms with Gasteiger partial charge in [-0.3, -0.25) is 9.78 Å². The van der Waals surface area contributed by atoms with E-state index in [0.717, 1.165) is 34.9 Å². The van der Waals surface area contributed by atoms with Crippen molar-refractivity contribution >= 4 is 16.7 Å². The van der Waals surface area contributed by atoms with Crippen molar-refractivity contribution in [1.29, 1.82) is 0 Å². The van der Waals surface area contributed by atoms with Crippen LogP contribution in [0.3, 0.4) is 0 Å². The van der Waals surface area contributed by atoms with Crippen LogP contribution in [0.1, 0.15) is 56.5 Å². The molecule has 0 aliphatic carbocycles. The maximum absolute atomic E-state index is 12.8.